The van der Waals surface area contributed by atoms with E-state index in [4.69, 9.17) is 0 Å². The van der Waals surface area contributed by atoms with Crippen LogP contribution in [0, 0.1) is 11.8 Å². The molecular formula is C12H20N2O. The first-order chi connectivity index (χ1) is 7.13. The van der Waals surface area contributed by atoms with Crippen molar-refractivity contribution >= 4 is 0 Å². The molecule has 1 N–H and O–H groups in total. The third-order valence-corrected chi connectivity index (χ3v) is 3.46. The SMILES string of the molecule is CCc1cc2n(n1)CCC(C(C)C)C2O. The van der Waals surface area contributed by atoms with Crippen LogP contribution < -0.4 is 0 Å². The average Bonchev–Trinajstić information content (AvgIpc) is 2.61. The van der Waals surface area contributed by atoms with E-state index in [-0.39, 0.29) is 6.10 Å². The third kappa shape index (κ3) is 1.81. The van der Waals surface area contributed by atoms with Crippen LogP contribution in [0.3, 0.4) is 0 Å². The lowest BCUT2D eigenvalue weighted by molar-refractivity contribution is 0.0476. The lowest BCUT2D eigenvalue weighted by atomic mass is 9.84. The van der Waals surface area contributed by atoms with Crippen molar-refractivity contribution in [2.24, 2.45) is 11.8 Å². The van der Waals surface area contributed by atoms with Crippen LogP contribution in [0.25, 0.3) is 0 Å². The summed E-state index contributed by atoms with van der Waals surface area (Å²) in [6.45, 7) is 7.41. The highest BCUT2D eigenvalue weighted by atomic mass is 16.3. The fraction of sp³-hybridized carbons (Fsp3) is 0.750. The molecule has 3 nitrogen and oxygen atoms in total. The molecule has 0 fully saturated rings. The number of aryl methyl sites for hydroxylation is 2. The molecule has 2 rings (SSSR count). The molecule has 1 aliphatic rings. The lowest BCUT2D eigenvalue weighted by Gasteiger charge is -2.31. The van der Waals surface area contributed by atoms with Crippen LogP contribution in [0.2, 0.25) is 0 Å². The van der Waals surface area contributed by atoms with Gasteiger partial charge in [0.2, 0.25) is 0 Å². The van der Waals surface area contributed by atoms with Crippen LogP contribution in [-0.2, 0) is 13.0 Å². The Morgan fingerprint density at radius 3 is 2.93 bits per heavy atom. The zero-order chi connectivity index (χ0) is 11.0. The van der Waals surface area contributed by atoms with Gasteiger partial charge in [-0.1, -0.05) is 20.8 Å². The Morgan fingerprint density at radius 1 is 1.60 bits per heavy atom. The zero-order valence-electron chi connectivity index (χ0n) is 9.77. The molecule has 1 aromatic rings. The minimum atomic E-state index is -0.327. The maximum atomic E-state index is 10.2. The molecule has 0 aliphatic carbocycles. The summed E-state index contributed by atoms with van der Waals surface area (Å²) in [5.74, 6) is 0.924. The second-order valence-corrected chi connectivity index (χ2v) is 4.78. The fourth-order valence-electron chi connectivity index (χ4n) is 2.42. The fourth-order valence-corrected chi connectivity index (χ4v) is 2.42. The van der Waals surface area contributed by atoms with Gasteiger partial charge in [0.25, 0.3) is 0 Å². The minimum Gasteiger partial charge on any atom is -0.387 e. The predicted octanol–water partition coefficient (Wildman–Crippen LogP) is 2.15. The molecule has 0 amide bonds. The molecular weight excluding hydrogens is 188 g/mol. The Labute approximate surface area is 91.1 Å². The standard InChI is InChI=1S/C12H20N2O/c1-4-9-7-11-12(15)10(8(2)3)5-6-14(11)13-9/h7-8,10,12,15H,4-6H2,1-3H3. The number of hydrogen-bond acceptors (Lipinski definition) is 2. The average molecular weight is 208 g/mol. The van der Waals surface area contributed by atoms with Gasteiger partial charge >= 0.3 is 0 Å². The predicted molar refractivity (Wildman–Crippen MR) is 59.5 cm³/mol. The van der Waals surface area contributed by atoms with E-state index in [1.165, 1.54) is 0 Å². The number of hydrogen-bond donors (Lipinski definition) is 1. The molecule has 0 saturated heterocycles. The highest BCUT2D eigenvalue weighted by Crippen LogP contribution is 2.35. The van der Waals surface area contributed by atoms with Crippen molar-refractivity contribution in [2.45, 2.75) is 46.3 Å². The number of aliphatic hydroxyl groups excluding tert-OH is 1. The Hall–Kier alpha value is -0.830. The van der Waals surface area contributed by atoms with Gasteiger partial charge in [-0.2, -0.15) is 5.10 Å². The van der Waals surface area contributed by atoms with E-state index < -0.39 is 0 Å². The molecule has 0 radical (unpaired) electrons. The summed E-state index contributed by atoms with van der Waals surface area (Å²) in [7, 11) is 0. The maximum Gasteiger partial charge on any atom is 0.0987 e. The van der Waals surface area contributed by atoms with Crippen LogP contribution in [-0.4, -0.2) is 14.9 Å². The quantitative estimate of drug-likeness (QED) is 0.808. The number of aromatic nitrogens is 2. The number of aliphatic hydroxyl groups is 1. The summed E-state index contributed by atoms with van der Waals surface area (Å²) < 4.78 is 1.97. The van der Waals surface area contributed by atoms with Crippen LogP contribution in [0.4, 0.5) is 0 Å². The number of nitrogens with zero attached hydrogens (tertiary/aromatic N) is 2. The molecule has 2 unspecified atom stereocenters. The Morgan fingerprint density at radius 2 is 2.33 bits per heavy atom. The Kier molecular flexibility index (Phi) is 2.83. The highest BCUT2D eigenvalue weighted by molar-refractivity contribution is 5.15. The topological polar surface area (TPSA) is 38.0 Å². The first-order valence-corrected chi connectivity index (χ1v) is 5.88. The first-order valence-electron chi connectivity index (χ1n) is 5.88. The number of fused-ring (bicyclic) bond motifs is 1. The summed E-state index contributed by atoms with van der Waals surface area (Å²) in [5, 5.41) is 14.7. The van der Waals surface area contributed by atoms with Gasteiger partial charge in [-0.05, 0) is 30.7 Å². The van der Waals surface area contributed by atoms with E-state index in [0.29, 0.717) is 11.8 Å². The van der Waals surface area contributed by atoms with Crippen molar-refractivity contribution in [3.8, 4) is 0 Å². The normalized spacial score (nSPS) is 25.7. The van der Waals surface area contributed by atoms with Crippen molar-refractivity contribution in [1.82, 2.24) is 9.78 Å². The van der Waals surface area contributed by atoms with Crippen molar-refractivity contribution in [2.75, 3.05) is 0 Å². The largest absolute Gasteiger partial charge is 0.387 e. The summed E-state index contributed by atoms with van der Waals surface area (Å²) >= 11 is 0. The molecule has 2 atom stereocenters. The minimum absolute atomic E-state index is 0.327. The Balaban J connectivity index is 2.29. The second-order valence-electron chi connectivity index (χ2n) is 4.78. The van der Waals surface area contributed by atoms with Gasteiger partial charge in [-0.15, -0.1) is 0 Å². The molecule has 0 spiro atoms. The Bertz CT molecular complexity index is 343. The molecule has 2 heterocycles. The molecule has 0 bridgehead atoms. The first kappa shape index (κ1) is 10.7. The van der Waals surface area contributed by atoms with Gasteiger partial charge in [-0.25, -0.2) is 0 Å². The van der Waals surface area contributed by atoms with Crippen molar-refractivity contribution in [3.05, 3.63) is 17.5 Å². The molecule has 0 aromatic carbocycles. The van der Waals surface area contributed by atoms with Crippen LogP contribution in [0.15, 0.2) is 6.07 Å². The van der Waals surface area contributed by atoms with Crippen molar-refractivity contribution < 1.29 is 5.11 Å². The smallest absolute Gasteiger partial charge is 0.0987 e. The zero-order valence-corrected chi connectivity index (χ0v) is 9.77. The van der Waals surface area contributed by atoms with Crippen LogP contribution in [0.1, 0.15) is 44.7 Å². The molecule has 1 aliphatic heterocycles. The second kappa shape index (κ2) is 3.97. The summed E-state index contributed by atoms with van der Waals surface area (Å²) in [4.78, 5) is 0. The monoisotopic (exact) mass is 208 g/mol. The van der Waals surface area contributed by atoms with Crippen molar-refractivity contribution in [1.29, 1.82) is 0 Å². The lowest BCUT2D eigenvalue weighted by Crippen LogP contribution is -2.28. The molecule has 15 heavy (non-hydrogen) atoms. The van der Waals surface area contributed by atoms with Gasteiger partial charge in [-0.3, -0.25) is 4.68 Å². The summed E-state index contributed by atoms with van der Waals surface area (Å²) in [5.41, 5.74) is 2.10. The number of rotatable bonds is 2. The molecule has 1 aromatic heterocycles. The van der Waals surface area contributed by atoms with Crippen LogP contribution >= 0.6 is 0 Å². The van der Waals surface area contributed by atoms with E-state index in [9.17, 15) is 5.11 Å². The summed E-state index contributed by atoms with van der Waals surface area (Å²) in [6, 6.07) is 2.05. The molecule has 0 saturated carbocycles. The molecule has 84 valence electrons. The van der Waals surface area contributed by atoms with E-state index >= 15 is 0 Å². The van der Waals surface area contributed by atoms with E-state index in [2.05, 4.69) is 31.9 Å². The highest BCUT2D eigenvalue weighted by Gasteiger charge is 2.31. The van der Waals surface area contributed by atoms with Crippen LogP contribution in [0.5, 0.6) is 0 Å². The maximum absolute atomic E-state index is 10.2. The summed E-state index contributed by atoms with van der Waals surface area (Å²) in [6.07, 6.45) is 1.65. The van der Waals surface area contributed by atoms with Crippen molar-refractivity contribution in [3.63, 3.8) is 0 Å². The van der Waals surface area contributed by atoms with Gasteiger partial charge in [0.05, 0.1) is 17.5 Å². The van der Waals surface area contributed by atoms with Gasteiger partial charge in [0, 0.05) is 6.54 Å². The van der Waals surface area contributed by atoms with Gasteiger partial charge < -0.3 is 5.11 Å². The van der Waals surface area contributed by atoms with Gasteiger partial charge in [0.15, 0.2) is 0 Å². The van der Waals surface area contributed by atoms with E-state index in [1.54, 1.807) is 0 Å². The van der Waals surface area contributed by atoms with Gasteiger partial charge in [0.1, 0.15) is 0 Å². The van der Waals surface area contributed by atoms with E-state index in [0.717, 1.165) is 30.8 Å². The molecule has 3 heteroatoms. The van der Waals surface area contributed by atoms with E-state index in [1.807, 2.05) is 4.68 Å². The third-order valence-electron chi connectivity index (χ3n) is 3.46.